The van der Waals surface area contributed by atoms with Crippen molar-refractivity contribution in [2.75, 3.05) is 33.3 Å². The van der Waals surface area contributed by atoms with Crippen LogP contribution in [-0.4, -0.2) is 55.2 Å². The van der Waals surface area contributed by atoms with E-state index in [1.165, 1.54) is 6.20 Å². The molecule has 1 atom stereocenters. The molecule has 1 unspecified atom stereocenters. The SMILES string of the molecule is CN1CCOC(CNC(=O)c2ccnc(Cl)c2)C1. The first-order valence-corrected chi connectivity index (χ1v) is 6.23. The number of ether oxygens (including phenoxy) is 1. The standard InChI is InChI=1S/C12H16ClN3O2/c1-16-4-5-18-10(8-16)7-15-12(17)9-2-3-14-11(13)6-9/h2-3,6,10H,4-5,7-8H2,1H3,(H,15,17). The van der Waals surface area contributed by atoms with Crippen molar-refractivity contribution in [3.05, 3.63) is 29.0 Å². The van der Waals surface area contributed by atoms with Gasteiger partial charge < -0.3 is 15.0 Å². The summed E-state index contributed by atoms with van der Waals surface area (Å²) in [5.41, 5.74) is 0.513. The molecule has 2 rings (SSSR count). The molecule has 1 aromatic rings. The molecule has 0 spiro atoms. The molecule has 98 valence electrons. The van der Waals surface area contributed by atoms with Gasteiger partial charge >= 0.3 is 0 Å². The van der Waals surface area contributed by atoms with Crippen molar-refractivity contribution in [2.45, 2.75) is 6.10 Å². The lowest BCUT2D eigenvalue weighted by Crippen LogP contribution is -2.45. The van der Waals surface area contributed by atoms with Crippen molar-refractivity contribution in [1.29, 1.82) is 0 Å². The van der Waals surface area contributed by atoms with E-state index in [-0.39, 0.29) is 12.0 Å². The number of likely N-dealkylation sites (N-methyl/N-ethyl adjacent to an activating group) is 1. The molecule has 1 amide bonds. The van der Waals surface area contributed by atoms with Crippen LogP contribution in [0.3, 0.4) is 0 Å². The third-order valence-electron chi connectivity index (χ3n) is 2.82. The van der Waals surface area contributed by atoms with Crippen LogP contribution >= 0.6 is 11.6 Å². The van der Waals surface area contributed by atoms with E-state index in [9.17, 15) is 4.79 Å². The Bertz CT molecular complexity index is 428. The van der Waals surface area contributed by atoms with Crippen LogP contribution in [0.2, 0.25) is 5.15 Å². The van der Waals surface area contributed by atoms with Crippen LogP contribution in [0.25, 0.3) is 0 Å². The van der Waals surface area contributed by atoms with Gasteiger partial charge in [-0.1, -0.05) is 11.6 Å². The summed E-state index contributed by atoms with van der Waals surface area (Å²) in [7, 11) is 2.04. The van der Waals surface area contributed by atoms with Gasteiger partial charge in [0.2, 0.25) is 0 Å². The molecule has 0 aromatic carbocycles. The van der Waals surface area contributed by atoms with Crippen LogP contribution in [0.5, 0.6) is 0 Å². The van der Waals surface area contributed by atoms with Gasteiger partial charge in [-0.2, -0.15) is 0 Å². The highest BCUT2D eigenvalue weighted by Crippen LogP contribution is 2.07. The predicted molar refractivity (Wildman–Crippen MR) is 68.8 cm³/mol. The maximum atomic E-state index is 11.9. The first-order valence-electron chi connectivity index (χ1n) is 5.85. The summed E-state index contributed by atoms with van der Waals surface area (Å²) in [6.07, 6.45) is 1.56. The number of halogens is 1. The Labute approximate surface area is 111 Å². The number of aromatic nitrogens is 1. The molecule has 6 heteroatoms. The smallest absolute Gasteiger partial charge is 0.251 e. The van der Waals surface area contributed by atoms with Crippen molar-refractivity contribution in [1.82, 2.24) is 15.2 Å². The molecule has 0 bridgehead atoms. The number of pyridine rings is 1. The lowest BCUT2D eigenvalue weighted by Gasteiger charge is -2.30. The van der Waals surface area contributed by atoms with Gasteiger partial charge in [0.05, 0.1) is 12.7 Å². The Morgan fingerprint density at radius 2 is 2.56 bits per heavy atom. The van der Waals surface area contributed by atoms with Crippen molar-refractivity contribution >= 4 is 17.5 Å². The number of nitrogens with one attached hydrogen (secondary N) is 1. The van der Waals surface area contributed by atoms with Gasteiger partial charge in [-0.15, -0.1) is 0 Å². The summed E-state index contributed by atoms with van der Waals surface area (Å²) in [6.45, 7) is 2.98. The highest BCUT2D eigenvalue weighted by atomic mass is 35.5. The number of hydrogen-bond acceptors (Lipinski definition) is 4. The van der Waals surface area contributed by atoms with E-state index in [1.807, 2.05) is 7.05 Å². The normalized spacial score (nSPS) is 20.7. The Morgan fingerprint density at radius 1 is 1.72 bits per heavy atom. The summed E-state index contributed by atoms with van der Waals surface area (Å²) >= 11 is 5.73. The first kappa shape index (κ1) is 13.3. The largest absolute Gasteiger partial charge is 0.374 e. The summed E-state index contributed by atoms with van der Waals surface area (Å²) in [5, 5.41) is 3.16. The summed E-state index contributed by atoms with van der Waals surface area (Å²) in [5.74, 6) is -0.156. The van der Waals surface area contributed by atoms with Gasteiger partial charge in [0.1, 0.15) is 5.15 Å². The number of amides is 1. The lowest BCUT2D eigenvalue weighted by molar-refractivity contribution is -0.0175. The average Bonchev–Trinajstić information content (AvgIpc) is 2.36. The number of rotatable bonds is 3. The molecule has 0 saturated carbocycles. The third-order valence-corrected chi connectivity index (χ3v) is 3.03. The topological polar surface area (TPSA) is 54.5 Å². The van der Waals surface area contributed by atoms with E-state index in [1.54, 1.807) is 12.1 Å². The fourth-order valence-corrected chi connectivity index (χ4v) is 2.02. The second kappa shape index (κ2) is 6.13. The molecule has 1 N–H and O–H groups in total. The van der Waals surface area contributed by atoms with Crippen LogP contribution in [0.4, 0.5) is 0 Å². The number of morpholine rings is 1. The minimum Gasteiger partial charge on any atom is -0.374 e. The van der Waals surface area contributed by atoms with Crippen LogP contribution in [0.1, 0.15) is 10.4 Å². The molecular weight excluding hydrogens is 254 g/mol. The maximum absolute atomic E-state index is 11.9. The molecule has 1 fully saturated rings. The Balaban J connectivity index is 1.84. The number of nitrogens with zero attached hydrogens (tertiary/aromatic N) is 2. The first-order chi connectivity index (χ1) is 8.65. The summed E-state index contributed by atoms with van der Waals surface area (Å²) in [4.78, 5) is 17.9. The minimum atomic E-state index is -0.156. The Kier molecular flexibility index (Phi) is 4.52. The summed E-state index contributed by atoms with van der Waals surface area (Å²) < 4.78 is 5.56. The molecule has 1 aromatic heterocycles. The van der Waals surface area contributed by atoms with E-state index in [2.05, 4.69) is 15.2 Å². The molecule has 1 aliphatic rings. The molecule has 18 heavy (non-hydrogen) atoms. The van der Waals surface area contributed by atoms with Crippen molar-refractivity contribution < 1.29 is 9.53 Å². The average molecular weight is 270 g/mol. The molecular formula is C12H16ClN3O2. The quantitative estimate of drug-likeness (QED) is 0.825. The van der Waals surface area contributed by atoms with E-state index in [0.717, 1.165) is 13.1 Å². The fraction of sp³-hybridized carbons (Fsp3) is 0.500. The number of hydrogen-bond donors (Lipinski definition) is 1. The van der Waals surface area contributed by atoms with Gasteiger partial charge in [-0.3, -0.25) is 4.79 Å². The van der Waals surface area contributed by atoms with Gasteiger partial charge in [0, 0.05) is 31.4 Å². The third kappa shape index (κ3) is 3.66. The highest BCUT2D eigenvalue weighted by molar-refractivity contribution is 6.29. The van der Waals surface area contributed by atoms with E-state index in [0.29, 0.717) is 23.9 Å². The van der Waals surface area contributed by atoms with Crippen LogP contribution in [0.15, 0.2) is 18.3 Å². The molecule has 5 nitrogen and oxygen atoms in total. The molecule has 1 aliphatic heterocycles. The Morgan fingerprint density at radius 3 is 3.28 bits per heavy atom. The van der Waals surface area contributed by atoms with Crippen LogP contribution in [0, 0.1) is 0 Å². The van der Waals surface area contributed by atoms with Crippen molar-refractivity contribution in [3.8, 4) is 0 Å². The minimum absolute atomic E-state index is 0.0463. The zero-order valence-electron chi connectivity index (χ0n) is 10.2. The second-order valence-corrected chi connectivity index (χ2v) is 4.72. The van der Waals surface area contributed by atoms with Crippen LogP contribution < -0.4 is 5.32 Å². The van der Waals surface area contributed by atoms with Gasteiger partial charge in [-0.25, -0.2) is 4.98 Å². The highest BCUT2D eigenvalue weighted by Gasteiger charge is 2.18. The van der Waals surface area contributed by atoms with Crippen molar-refractivity contribution in [3.63, 3.8) is 0 Å². The maximum Gasteiger partial charge on any atom is 0.251 e. The molecule has 2 heterocycles. The zero-order chi connectivity index (χ0) is 13.0. The van der Waals surface area contributed by atoms with E-state index in [4.69, 9.17) is 16.3 Å². The van der Waals surface area contributed by atoms with Gasteiger partial charge in [0.25, 0.3) is 5.91 Å². The lowest BCUT2D eigenvalue weighted by atomic mass is 10.2. The van der Waals surface area contributed by atoms with Gasteiger partial charge in [0.15, 0.2) is 0 Å². The number of carbonyl (C=O) groups excluding carboxylic acids is 1. The van der Waals surface area contributed by atoms with Crippen molar-refractivity contribution in [2.24, 2.45) is 0 Å². The predicted octanol–water partition coefficient (Wildman–Crippen LogP) is 0.795. The number of carbonyl (C=O) groups is 1. The molecule has 1 saturated heterocycles. The monoisotopic (exact) mass is 269 g/mol. The zero-order valence-corrected chi connectivity index (χ0v) is 11.0. The van der Waals surface area contributed by atoms with E-state index >= 15 is 0 Å². The Hall–Kier alpha value is -1.17. The fourth-order valence-electron chi connectivity index (χ4n) is 1.84. The van der Waals surface area contributed by atoms with Gasteiger partial charge in [-0.05, 0) is 19.2 Å². The second-order valence-electron chi connectivity index (χ2n) is 4.33. The molecule has 0 radical (unpaired) electrons. The van der Waals surface area contributed by atoms with Crippen LogP contribution in [-0.2, 0) is 4.74 Å². The molecule has 0 aliphatic carbocycles. The van der Waals surface area contributed by atoms with E-state index < -0.39 is 0 Å². The summed E-state index contributed by atoms with van der Waals surface area (Å²) in [6, 6.07) is 3.18.